The molecule has 4 N–H and O–H groups in total. The minimum Gasteiger partial charge on any atom is -0.425 e. The molecule has 2 aromatic carbocycles. The molecule has 0 unspecified atom stereocenters. The normalized spacial score (nSPS) is 13.5. The first-order valence-electron chi connectivity index (χ1n) is 11.0. The topological polar surface area (TPSA) is 135 Å². The van der Waals surface area contributed by atoms with Crippen LogP contribution < -0.4 is 26.6 Å². The van der Waals surface area contributed by atoms with E-state index >= 15 is 0 Å². The molecule has 2 atom stereocenters. The predicted molar refractivity (Wildman–Crippen MR) is 126 cm³/mol. The highest BCUT2D eigenvalue weighted by molar-refractivity contribution is 6.05. The molecule has 0 radical (unpaired) electrons. The van der Waals surface area contributed by atoms with Crippen LogP contribution in [0.15, 0.2) is 45.6 Å². The van der Waals surface area contributed by atoms with E-state index in [2.05, 4.69) is 0 Å². The molecule has 0 bridgehead atoms. The molecule has 1 aromatic heterocycles. The average molecular weight is 455 g/mol. The summed E-state index contributed by atoms with van der Waals surface area (Å²) in [5.41, 5.74) is 11.4. The maximum absolute atomic E-state index is 12.6. The fourth-order valence-corrected chi connectivity index (χ4v) is 3.61. The molecular formula is C25H30N2O6. The second kappa shape index (κ2) is 10.1. The maximum atomic E-state index is 12.6. The van der Waals surface area contributed by atoms with E-state index in [9.17, 15) is 14.4 Å². The molecule has 0 aliphatic heterocycles. The van der Waals surface area contributed by atoms with Gasteiger partial charge in [0.1, 0.15) is 29.2 Å². The number of ether oxygens (including phenoxy) is 2. The highest BCUT2D eigenvalue weighted by atomic mass is 16.5. The largest absolute Gasteiger partial charge is 0.425 e. The molecule has 0 saturated carbocycles. The van der Waals surface area contributed by atoms with Gasteiger partial charge in [-0.15, -0.1) is 0 Å². The number of esters is 2. The SMILES string of the molecule is CC(C)C[C@@H](N)C(=O)Oc1ccc2c(c1)c(=O)oc1cc(OC(=O)[C@@H](N)CC(C)C)ccc12. The third-order valence-electron chi connectivity index (χ3n) is 5.15. The van der Waals surface area contributed by atoms with Crippen molar-refractivity contribution in [2.24, 2.45) is 23.3 Å². The van der Waals surface area contributed by atoms with E-state index < -0.39 is 29.6 Å². The second-order valence-electron chi connectivity index (χ2n) is 9.07. The Balaban J connectivity index is 1.87. The van der Waals surface area contributed by atoms with Crippen molar-refractivity contribution in [3.8, 4) is 11.5 Å². The molecule has 0 amide bonds. The summed E-state index contributed by atoms with van der Waals surface area (Å²) in [7, 11) is 0. The summed E-state index contributed by atoms with van der Waals surface area (Å²) in [4.78, 5) is 37.0. The van der Waals surface area contributed by atoms with Crippen LogP contribution in [-0.2, 0) is 9.59 Å². The molecule has 3 aromatic rings. The zero-order valence-electron chi connectivity index (χ0n) is 19.3. The highest BCUT2D eigenvalue weighted by Crippen LogP contribution is 2.29. The minimum atomic E-state index is -0.747. The lowest BCUT2D eigenvalue weighted by molar-refractivity contribution is -0.137. The van der Waals surface area contributed by atoms with Gasteiger partial charge in [0.2, 0.25) is 0 Å². The zero-order chi connectivity index (χ0) is 24.3. The van der Waals surface area contributed by atoms with Gasteiger partial charge in [-0.2, -0.15) is 0 Å². The molecule has 8 nitrogen and oxygen atoms in total. The van der Waals surface area contributed by atoms with Crippen LogP contribution in [0.1, 0.15) is 40.5 Å². The number of hydrogen-bond acceptors (Lipinski definition) is 8. The van der Waals surface area contributed by atoms with Gasteiger partial charge < -0.3 is 25.4 Å². The molecule has 0 saturated heterocycles. The summed E-state index contributed by atoms with van der Waals surface area (Å²) in [6, 6.07) is 8.04. The number of nitrogens with two attached hydrogens (primary N) is 2. The van der Waals surface area contributed by atoms with Crippen LogP contribution >= 0.6 is 0 Å². The van der Waals surface area contributed by atoms with Gasteiger partial charge in [-0.25, -0.2) is 14.4 Å². The summed E-state index contributed by atoms with van der Waals surface area (Å²) in [6.45, 7) is 7.86. The van der Waals surface area contributed by atoms with E-state index in [1.807, 2.05) is 27.7 Å². The molecule has 3 rings (SSSR count). The monoisotopic (exact) mass is 454 g/mol. The molecule has 0 spiro atoms. The Kier molecular flexibility index (Phi) is 7.50. The maximum Gasteiger partial charge on any atom is 0.344 e. The number of carbonyl (C=O) groups is 2. The van der Waals surface area contributed by atoms with E-state index in [0.717, 1.165) is 0 Å². The first-order chi connectivity index (χ1) is 15.5. The van der Waals surface area contributed by atoms with E-state index in [0.29, 0.717) is 23.6 Å². The van der Waals surface area contributed by atoms with Crippen molar-refractivity contribution < 1.29 is 23.5 Å². The van der Waals surface area contributed by atoms with E-state index in [1.165, 1.54) is 12.1 Å². The standard InChI is InChI=1S/C25H30N2O6/c1-13(2)9-20(26)24(29)31-15-5-7-17-18-8-6-16(32-25(30)21(27)10-14(3)4)12-22(18)33-23(28)19(17)11-15/h5-8,11-14,20-21H,9-10,26-27H2,1-4H3/t20-,21+/m1/s1. The molecule has 8 heteroatoms. The number of fused-ring (bicyclic) bond motifs is 3. The fraction of sp³-hybridized carbons (Fsp3) is 0.400. The molecule has 0 aliphatic rings. The lowest BCUT2D eigenvalue weighted by Gasteiger charge is -2.14. The Hall–Kier alpha value is -3.23. The summed E-state index contributed by atoms with van der Waals surface area (Å²) in [5, 5.41) is 1.51. The number of carbonyl (C=O) groups excluding carboxylic acids is 2. The first kappa shape index (κ1) is 24.4. The van der Waals surface area contributed by atoms with Crippen LogP contribution in [0, 0.1) is 11.8 Å². The quantitative estimate of drug-likeness (QED) is 0.228. The number of benzene rings is 2. The Labute approximate surface area is 191 Å². The molecule has 33 heavy (non-hydrogen) atoms. The Morgan fingerprint density at radius 1 is 0.788 bits per heavy atom. The van der Waals surface area contributed by atoms with Crippen LogP contribution in [-0.4, -0.2) is 24.0 Å². The second-order valence-corrected chi connectivity index (χ2v) is 9.07. The van der Waals surface area contributed by atoms with Gasteiger partial charge in [-0.3, -0.25) is 0 Å². The van der Waals surface area contributed by atoms with Crippen molar-refractivity contribution in [3.63, 3.8) is 0 Å². The van der Waals surface area contributed by atoms with Gasteiger partial charge in [0, 0.05) is 16.8 Å². The van der Waals surface area contributed by atoms with Gasteiger partial charge in [-0.1, -0.05) is 27.7 Å². The third-order valence-corrected chi connectivity index (χ3v) is 5.15. The molecule has 1 heterocycles. The zero-order valence-corrected chi connectivity index (χ0v) is 19.3. The van der Waals surface area contributed by atoms with E-state index in [-0.39, 0.29) is 34.3 Å². The number of hydrogen-bond donors (Lipinski definition) is 2. The Bertz CT molecular complexity index is 1230. The summed E-state index contributed by atoms with van der Waals surface area (Å²) < 4.78 is 16.1. The molecular weight excluding hydrogens is 424 g/mol. The van der Waals surface area contributed by atoms with Crippen molar-refractivity contribution in [2.75, 3.05) is 0 Å². The van der Waals surface area contributed by atoms with Crippen LogP contribution in [0.2, 0.25) is 0 Å². The van der Waals surface area contributed by atoms with E-state index in [1.54, 1.807) is 24.3 Å². The fourth-order valence-electron chi connectivity index (χ4n) is 3.61. The lowest BCUT2D eigenvalue weighted by Crippen LogP contribution is -2.35. The Morgan fingerprint density at radius 3 is 1.79 bits per heavy atom. The van der Waals surface area contributed by atoms with Crippen LogP contribution in [0.4, 0.5) is 0 Å². The third kappa shape index (κ3) is 5.97. The highest BCUT2D eigenvalue weighted by Gasteiger charge is 2.20. The lowest BCUT2D eigenvalue weighted by atomic mass is 10.0. The van der Waals surface area contributed by atoms with Crippen molar-refractivity contribution in [1.29, 1.82) is 0 Å². The van der Waals surface area contributed by atoms with Crippen LogP contribution in [0.3, 0.4) is 0 Å². The van der Waals surface area contributed by atoms with Gasteiger partial charge in [-0.05, 0) is 55.0 Å². The summed E-state index contributed by atoms with van der Waals surface area (Å²) >= 11 is 0. The number of rotatable bonds is 8. The molecule has 0 aliphatic carbocycles. The first-order valence-corrected chi connectivity index (χ1v) is 11.0. The molecule has 0 fully saturated rings. The van der Waals surface area contributed by atoms with Gasteiger partial charge in [0.25, 0.3) is 0 Å². The van der Waals surface area contributed by atoms with Crippen molar-refractivity contribution >= 4 is 33.7 Å². The van der Waals surface area contributed by atoms with Crippen molar-refractivity contribution in [3.05, 3.63) is 46.8 Å². The van der Waals surface area contributed by atoms with Gasteiger partial charge in [0.05, 0.1) is 5.39 Å². The van der Waals surface area contributed by atoms with E-state index in [4.69, 9.17) is 25.4 Å². The average Bonchev–Trinajstić information content (AvgIpc) is 2.72. The van der Waals surface area contributed by atoms with Crippen LogP contribution in [0.25, 0.3) is 21.7 Å². The van der Waals surface area contributed by atoms with Gasteiger partial charge in [0.15, 0.2) is 0 Å². The summed E-state index contributed by atoms with van der Waals surface area (Å²) in [6.07, 6.45) is 0.996. The van der Waals surface area contributed by atoms with Gasteiger partial charge >= 0.3 is 17.6 Å². The van der Waals surface area contributed by atoms with Crippen molar-refractivity contribution in [2.45, 2.75) is 52.6 Å². The molecule has 176 valence electrons. The summed E-state index contributed by atoms with van der Waals surface area (Å²) in [5.74, 6) is -0.160. The minimum absolute atomic E-state index is 0.211. The van der Waals surface area contributed by atoms with Crippen LogP contribution in [0.5, 0.6) is 11.5 Å². The smallest absolute Gasteiger partial charge is 0.344 e. The van der Waals surface area contributed by atoms with Crippen molar-refractivity contribution in [1.82, 2.24) is 0 Å². The predicted octanol–water partition coefficient (Wildman–Crippen LogP) is 3.50. The Morgan fingerprint density at radius 2 is 1.27 bits per heavy atom.